The molecule has 2 heterocycles. The topological polar surface area (TPSA) is 71.3 Å². The third kappa shape index (κ3) is 6.09. The van der Waals surface area contributed by atoms with E-state index in [0.29, 0.717) is 28.4 Å². The van der Waals surface area contributed by atoms with Crippen LogP contribution < -0.4 is 16.1 Å². The zero-order valence-corrected chi connectivity index (χ0v) is 19.6. The van der Waals surface area contributed by atoms with Crippen molar-refractivity contribution >= 4 is 54.0 Å². The molecule has 0 bridgehead atoms. The molecule has 0 atom stereocenters. The summed E-state index contributed by atoms with van der Waals surface area (Å²) in [6.07, 6.45) is 3.34. The van der Waals surface area contributed by atoms with Crippen LogP contribution in [0.2, 0.25) is 5.02 Å². The fourth-order valence-electron chi connectivity index (χ4n) is 3.32. The highest BCUT2D eigenvalue weighted by Crippen LogP contribution is 2.28. The Kier molecular flexibility index (Phi) is 7.91. The number of thioether (sulfide) groups is 1. The Morgan fingerprint density at radius 2 is 1.82 bits per heavy atom. The third-order valence-corrected chi connectivity index (χ3v) is 6.34. The Bertz CT molecular complexity index is 1230. The Balaban J connectivity index is 1.29. The van der Waals surface area contributed by atoms with E-state index in [0.717, 1.165) is 41.4 Å². The van der Waals surface area contributed by atoms with Crippen molar-refractivity contribution in [1.29, 1.82) is 0 Å². The minimum absolute atomic E-state index is 0.0454. The lowest BCUT2D eigenvalue weighted by molar-refractivity contribution is -0.118. The van der Waals surface area contributed by atoms with E-state index in [9.17, 15) is 4.79 Å². The predicted octanol–water partition coefficient (Wildman–Crippen LogP) is 3.94. The number of benzene rings is 2. The van der Waals surface area contributed by atoms with Crippen molar-refractivity contribution in [2.45, 2.75) is 17.7 Å². The van der Waals surface area contributed by atoms with E-state index < -0.39 is 0 Å². The van der Waals surface area contributed by atoms with Crippen LogP contribution >= 0.6 is 23.4 Å². The predicted molar refractivity (Wildman–Crippen MR) is 137 cm³/mol. The number of carbonyl (C=O) groups excluding carboxylic acids is 1. The lowest BCUT2D eigenvalue weighted by atomic mass is 10.0. The summed E-state index contributed by atoms with van der Waals surface area (Å²) in [6.45, 7) is 1.36. The Hall–Kier alpha value is -2.97. The number of anilines is 1. The lowest BCUT2D eigenvalue weighted by Crippen LogP contribution is -2.26. The first kappa shape index (κ1) is 23.2. The minimum Gasteiger partial charge on any atom is -0.370 e. The molecule has 0 fully saturated rings. The van der Waals surface area contributed by atoms with E-state index in [-0.39, 0.29) is 5.91 Å². The van der Waals surface area contributed by atoms with E-state index in [4.69, 9.17) is 19.4 Å². The second-order valence-corrected chi connectivity index (χ2v) is 8.88. The standard InChI is InChI=1S/C24H23BClN5OS/c25-19-15-29-31-22(14-21(30-24(19)31)18-10-4-5-11-20(18)26)27-12-6-7-13-28-23(32)16-33-17-8-2-1-3-9-17/h1-5,8-11,14-15,27H,6-7,12-13,16H2,(H,28,32). The van der Waals surface area contributed by atoms with Gasteiger partial charge in [-0.2, -0.15) is 9.61 Å². The fraction of sp³-hybridized carbons (Fsp3) is 0.208. The Labute approximate surface area is 203 Å². The molecule has 6 nitrogen and oxygen atoms in total. The van der Waals surface area contributed by atoms with Gasteiger partial charge < -0.3 is 10.6 Å². The van der Waals surface area contributed by atoms with Gasteiger partial charge in [-0.05, 0) is 36.5 Å². The van der Waals surface area contributed by atoms with Crippen molar-refractivity contribution in [2.75, 3.05) is 24.2 Å². The van der Waals surface area contributed by atoms with Crippen LogP contribution in [-0.4, -0.2) is 47.2 Å². The summed E-state index contributed by atoms with van der Waals surface area (Å²) in [6, 6.07) is 19.4. The molecule has 0 unspecified atom stereocenters. The number of carbonyl (C=O) groups is 1. The normalized spacial score (nSPS) is 10.9. The van der Waals surface area contributed by atoms with Crippen LogP contribution in [0, 0.1) is 0 Å². The van der Waals surface area contributed by atoms with Crippen LogP contribution in [0.15, 0.2) is 71.8 Å². The van der Waals surface area contributed by atoms with Crippen molar-refractivity contribution in [3.8, 4) is 11.3 Å². The number of halogens is 1. The average Bonchev–Trinajstić information content (AvgIpc) is 3.21. The molecule has 2 aromatic heterocycles. The molecule has 2 aromatic carbocycles. The largest absolute Gasteiger partial charge is 0.370 e. The van der Waals surface area contributed by atoms with Crippen LogP contribution in [0.1, 0.15) is 12.8 Å². The summed E-state index contributed by atoms with van der Waals surface area (Å²) in [5, 5.41) is 11.3. The van der Waals surface area contributed by atoms with Crippen LogP contribution in [-0.2, 0) is 4.79 Å². The van der Waals surface area contributed by atoms with Crippen molar-refractivity contribution in [3.05, 3.63) is 71.9 Å². The van der Waals surface area contributed by atoms with Crippen molar-refractivity contribution in [3.63, 3.8) is 0 Å². The van der Waals surface area contributed by atoms with Crippen molar-refractivity contribution < 1.29 is 4.79 Å². The summed E-state index contributed by atoms with van der Waals surface area (Å²) in [5.41, 5.74) is 2.65. The molecule has 2 radical (unpaired) electrons. The van der Waals surface area contributed by atoms with E-state index in [1.807, 2.05) is 60.7 Å². The van der Waals surface area contributed by atoms with Gasteiger partial charge in [-0.15, -0.1) is 11.8 Å². The second kappa shape index (κ2) is 11.3. The zero-order valence-electron chi connectivity index (χ0n) is 18.0. The zero-order chi connectivity index (χ0) is 23.0. The number of hydrogen-bond acceptors (Lipinski definition) is 5. The molecule has 0 saturated heterocycles. The van der Waals surface area contributed by atoms with Crippen LogP contribution in [0.25, 0.3) is 16.9 Å². The number of hydrogen-bond donors (Lipinski definition) is 2. The number of unbranched alkanes of at least 4 members (excludes halogenated alkanes) is 1. The van der Waals surface area contributed by atoms with E-state index in [1.165, 1.54) is 11.8 Å². The Morgan fingerprint density at radius 1 is 1.06 bits per heavy atom. The number of rotatable bonds is 10. The molecule has 0 spiro atoms. The molecular weight excluding hydrogens is 453 g/mol. The molecule has 166 valence electrons. The van der Waals surface area contributed by atoms with Gasteiger partial charge in [0.2, 0.25) is 5.91 Å². The number of aromatic nitrogens is 3. The maximum atomic E-state index is 12.0. The van der Waals surface area contributed by atoms with Gasteiger partial charge in [0.05, 0.1) is 11.4 Å². The molecule has 33 heavy (non-hydrogen) atoms. The highest BCUT2D eigenvalue weighted by Gasteiger charge is 2.12. The summed E-state index contributed by atoms with van der Waals surface area (Å²) in [7, 11) is 6.07. The van der Waals surface area contributed by atoms with Gasteiger partial charge in [0.25, 0.3) is 0 Å². The van der Waals surface area contributed by atoms with Crippen molar-refractivity contribution in [2.24, 2.45) is 0 Å². The first-order chi connectivity index (χ1) is 16.1. The van der Waals surface area contributed by atoms with E-state index >= 15 is 0 Å². The highest BCUT2D eigenvalue weighted by molar-refractivity contribution is 8.00. The van der Waals surface area contributed by atoms with Crippen LogP contribution in [0.4, 0.5) is 5.82 Å². The number of amides is 1. The van der Waals surface area contributed by atoms with Crippen LogP contribution in [0.5, 0.6) is 0 Å². The SMILES string of the molecule is [B]c1cnn2c(NCCCCNC(=O)CSc3ccccc3)cc(-c3ccccc3Cl)nc12. The van der Waals surface area contributed by atoms with E-state index in [2.05, 4.69) is 20.7 Å². The minimum atomic E-state index is 0.0454. The summed E-state index contributed by atoms with van der Waals surface area (Å²) >= 11 is 7.91. The van der Waals surface area contributed by atoms with Gasteiger partial charge in [-0.1, -0.05) is 48.0 Å². The molecule has 0 aliphatic heterocycles. The summed E-state index contributed by atoms with van der Waals surface area (Å²) in [5.74, 6) is 1.25. The first-order valence-corrected chi connectivity index (χ1v) is 12.1. The van der Waals surface area contributed by atoms with E-state index in [1.54, 1.807) is 10.7 Å². The van der Waals surface area contributed by atoms with Gasteiger partial charge in [0.1, 0.15) is 13.7 Å². The molecular formula is C24H23BClN5OS. The summed E-state index contributed by atoms with van der Waals surface area (Å²) in [4.78, 5) is 17.8. The molecule has 0 aliphatic rings. The maximum absolute atomic E-state index is 12.0. The molecule has 9 heteroatoms. The van der Waals surface area contributed by atoms with Gasteiger partial charge >= 0.3 is 0 Å². The summed E-state index contributed by atoms with van der Waals surface area (Å²) < 4.78 is 1.69. The van der Waals surface area contributed by atoms with Gasteiger partial charge in [0, 0.05) is 40.8 Å². The molecule has 1 amide bonds. The lowest BCUT2D eigenvalue weighted by Gasteiger charge is -2.12. The van der Waals surface area contributed by atoms with Crippen molar-refractivity contribution in [1.82, 2.24) is 19.9 Å². The quantitative estimate of drug-likeness (QED) is 0.206. The monoisotopic (exact) mass is 475 g/mol. The van der Waals surface area contributed by atoms with Gasteiger partial charge in [-0.3, -0.25) is 4.79 Å². The average molecular weight is 476 g/mol. The van der Waals surface area contributed by atoms with Gasteiger partial charge in [-0.25, -0.2) is 4.98 Å². The third-order valence-electron chi connectivity index (χ3n) is 4.99. The number of nitrogens with zero attached hydrogens (tertiary/aromatic N) is 3. The fourth-order valence-corrected chi connectivity index (χ4v) is 4.31. The van der Waals surface area contributed by atoms with Crippen LogP contribution in [0.3, 0.4) is 0 Å². The molecule has 4 aromatic rings. The smallest absolute Gasteiger partial charge is 0.230 e. The number of fused-ring (bicyclic) bond motifs is 1. The number of nitrogens with one attached hydrogen (secondary N) is 2. The highest BCUT2D eigenvalue weighted by atomic mass is 35.5. The Morgan fingerprint density at radius 3 is 2.64 bits per heavy atom. The molecule has 0 aliphatic carbocycles. The maximum Gasteiger partial charge on any atom is 0.230 e. The molecule has 2 N–H and O–H groups in total. The molecule has 0 saturated carbocycles. The first-order valence-electron chi connectivity index (χ1n) is 10.7. The van der Waals surface area contributed by atoms with Gasteiger partial charge in [0.15, 0.2) is 5.65 Å². The molecule has 4 rings (SSSR count). The second-order valence-electron chi connectivity index (χ2n) is 7.43.